The van der Waals surface area contributed by atoms with E-state index in [1.54, 1.807) is 30.1 Å². The molecule has 1 fully saturated rings. The zero-order valence-electron chi connectivity index (χ0n) is 16.2. The van der Waals surface area contributed by atoms with Gasteiger partial charge in [0.25, 0.3) is 0 Å². The molecule has 3 aromatic rings. The molecule has 28 heavy (non-hydrogen) atoms. The first kappa shape index (κ1) is 18.7. The molecule has 4 rings (SSSR count). The van der Waals surface area contributed by atoms with Gasteiger partial charge in [-0.1, -0.05) is 36.4 Å². The molecule has 1 amide bonds. The van der Waals surface area contributed by atoms with Crippen molar-refractivity contribution in [3.8, 4) is 0 Å². The lowest BCUT2D eigenvalue weighted by Gasteiger charge is -2.32. The molecule has 0 saturated carbocycles. The van der Waals surface area contributed by atoms with E-state index in [1.165, 1.54) is 22.7 Å². The van der Waals surface area contributed by atoms with Crippen molar-refractivity contribution in [2.75, 3.05) is 26.7 Å². The van der Waals surface area contributed by atoms with Gasteiger partial charge >= 0.3 is 0 Å². The summed E-state index contributed by atoms with van der Waals surface area (Å²) in [6.45, 7) is 2.50. The first-order chi connectivity index (χ1) is 13.6. The highest BCUT2D eigenvalue weighted by Gasteiger charge is 2.24. The van der Waals surface area contributed by atoms with Crippen LogP contribution < -0.4 is 0 Å². The van der Waals surface area contributed by atoms with Crippen molar-refractivity contribution in [1.29, 1.82) is 0 Å². The molecule has 2 heterocycles. The lowest BCUT2D eigenvalue weighted by atomic mass is 9.93. The lowest BCUT2D eigenvalue weighted by molar-refractivity contribution is -0.131. The number of amides is 1. The van der Waals surface area contributed by atoms with E-state index >= 15 is 0 Å². The minimum atomic E-state index is -0.263. The SMILES string of the molecule is CN(Cc1ccccc1F)C(=O)CN1CCC(c2cc3ccccc3[nH]2)CC1. The number of hydrogen-bond donors (Lipinski definition) is 1. The summed E-state index contributed by atoms with van der Waals surface area (Å²) in [6, 6.07) is 17.2. The first-order valence-electron chi connectivity index (χ1n) is 9.87. The summed E-state index contributed by atoms with van der Waals surface area (Å²) < 4.78 is 13.8. The molecule has 1 saturated heterocycles. The van der Waals surface area contributed by atoms with E-state index in [0.717, 1.165) is 25.9 Å². The summed E-state index contributed by atoms with van der Waals surface area (Å²) in [7, 11) is 1.74. The Bertz CT molecular complexity index is 926. The van der Waals surface area contributed by atoms with Crippen molar-refractivity contribution in [1.82, 2.24) is 14.8 Å². The van der Waals surface area contributed by atoms with Gasteiger partial charge in [0.05, 0.1) is 6.54 Å². The Morgan fingerprint density at radius 1 is 1.14 bits per heavy atom. The second-order valence-corrected chi connectivity index (χ2v) is 7.70. The van der Waals surface area contributed by atoms with Gasteiger partial charge in [0.15, 0.2) is 0 Å². The third-order valence-electron chi connectivity index (χ3n) is 5.73. The maximum absolute atomic E-state index is 13.8. The van der Waals surface area contributed by atoms with Gasteiger partial charge in [0.2, 0.25) is 5.91 Å². The van der Waals surface area contributed by atoms with E-state index in [9.17, 15) is 9.18 Å². The summed E-state index contributed by atoms with van der Waals surface area (Å²) in [6.07, 6.45) is 2.08. The molecular formula is C23H26FN3O. The van der Waals surface area contributed by atoms with Gasteiger partial charge in [0, 0.05) is 36.3 Å². The molecule has 0 spiro atoms. The van der Waals surface area contributed by atoms with Gasteiger partial charge in [-0.25, -0.2) is 4.39 Å². The van der Waals surface area contributed by atoms with Crippen LogP contribution in [0.5, 0.6) is 0 Å². The number of carbonyl (C=O) groups is 1. The molecule has 146 valence electrons. The molecular weight excluding hydrogens is 353 g/mol. The molecule has 2 aromatic carbocycles. The van der Waals surface area contributed by atoms with Crippen LogP contribution in [-0.4, -0.2) is 47.4 Å². The number of halogens is 1. The summed E-state index contributed by atoms with van der Waals surface area (Å²) >= 11 is 0. The Morgan fingerprint density at radius 3 is 2.61 bits per heavy atom. The minimum Gasteiger partial charge on any atom is -0.358 e. The fourth-order valence-electron chi connectivity index (χ4n) is 4.00. The molecule has 0 aliphatic carbocycles. The van der Waals surface area contributed by atoms with Gasteiger partial charge in [-0.05, 0) is 49.5 Å². The number of benzene rings is 2. The number of para-hydroxylation sites is 1. The van der Waals surface area contributed by atoms with E-state index in [-0.39, 0.29) is 11.7 Å². The molecule has 0 unspecified atom stereocenters. The van der Waals surface area contributed by atoms with Crippen LogP contribution in [0.15, 0.2) is 54.6 Å². The van der Waals surface area contributed by atoms with Gasteiger partial charge in [-0.2, -0.15) is 0 Å². The first-order valence-corrected chi connectivity index (χ1v) is 9.87. The summed E-state index contributed by atoms with van der Waals surface area (Å²) in [5.41, 5.74) is 3.03. The van der Waals surface area contributed by atoms with Crippen molar-refractivity contribution >= 4 is 16.8 Å². The van der Waals surface area contributed by atoms with Crippen molar-refractivity contribution in [2.24, 2.45) is 0 Å². The van der Waals surface area contributed by atoms with E-state index in [4.69, 9.17) is 0 Å². The number of piperidine rings is 1. The smallest absolute Gasteiger partial charge is 0.236 e. The number of aromatic amines is 1. The van der Waals surface area contributed by atoms with Crippen LogP contribution in [-0.2, 0) is 11.3 Å². The lowest BCUT2D eigenvalue weighted by Crippen LogP contribution is -2.41. The molecule has 4 nitrogen and oxygen atoms in total. The van der Waals surface area contributed by atoms with Crippen LogP contribution in [0.3, 0.4) is 0 Å². The fourth-order valence-corrected chi connectivity index (χ4v) is 4.00. The van der Waals surface area contributed by atoms with Crippen LogP contribution in [0, 0.1) is 5.82 Å². The van der Waals surface area contributed by atoms with Crippen molar-refractivity contribution < 1.29 is 9.18 Å². The summed E-state index contributed by atoms with van der Waals surface area (Å²) in [5.74, 6) is 0.281. The molecule has 0 bridgehead atoms. The Hall–Kier alpha value is -2.66. The summed E-state index contributed by atoms with van der Waals surface area (Å²) in [5, 5.41) is 1.25. The number of hydrogen-bond acceptors (Lipinski definition) is 2. The summed E-state index contributed by atoms with van der Waals surface area (Å²) in [4.78, 5) is 19.9. The number of likely N-dealkylation sites (N-methyl/N-ethyl adjacent to an activating group) is 1. The zero-order chi connectivity index (χ0) is 19.5. The average Bonchev–Trinajstić information content (AvgIpc) is 3.14. The third-order valence-corrected chi connectivity index (χ3v) is 5.73. The number of H-pyrrole nitrogens is 1. The zero-order valence-corrected chi connectivity index (χ0v) is 16.2. The third kappa shape index (κ3) is 4.09. The quantitative estimate of drug-likeness (QED) is 0.724. The highest BCUT2D eigenvalue weighted by atomic mass is 19.1. The largest absolute Gasteiger partial charge is 0.358 e. The molecule has 5 heteroatoms. The van der Waals surface area contributed by atoms with E-state index < -0.39 is 0 Å². The number of aromatic nitrogens is 1. The number of rotatable bonds is 5. The minimum absolute atomic E-state index is 0.0346. The topological polar surface area (TPSA) is 39.3 Å². The van der Waals surface area contributed by atoms with E-state index in [2.05, 4.69) is 40.2 Å². The predicted octanol–water partition coefficient (Wildman–Crippen LogP) is 4.15. The Labute approximate surface area is 165 Å². The van der Waals surface area contributed by atoms with Crippen LogP contribution in [0.2, 0.25) is 0 Å². The monoisotopic (exact) mass is 379 g/mol. The average molecular weight is 379 g/mol. The number of nitrogens with one attached hydrogen (secondary N) is 1. The number of carbonyl (C=O) groups excluding carboxylic acids is 1. The van der Waals surface area contributed by atoms with Crippen molar-refractivity contribution in [3.05, 3.63) is 71.7 Å². The van der Waals surface area contributed by atoms with Crippen LogP contribution in [0.1, 0.15) is 30.0 Å². The maximum atomic E-state index is 13.8. The molecule has 1 aliphatic heterocycles. The van der Waals surface area contributed by atoms with Crippen LogP contribution in [0.25, 0.3) is 10.9 Å². The highest BCUT2D eigenvalue weighted by molar-refractivity contribution is 5.80. The number of fused-ring (bicyclic) bond motifs is 1. The second-order valence-electron chi connectivity index (χ2n) is 7.70. The van der Waals surface area contributed by atoms with E-state index in [0.29, 0.717) is 24.6 Å². The number of nitrogens with zero attached hydrogens (tertiary/aromatic N) is 2. The van der Waals surface area contributed by atoms with Gasteiger partial charge in [0.1, 0.15) is 5.82 Å². The Kier molecular flexibility index (Phi) is 5.44. The van der Waals surface area contributed by atoms with Crippen molar-refractivity contribution in [2.45, 2.75) is 25.3 Å². The predicted molar refractivity (Wildman–Crippen MR) is 110 cm³/mol. The van der Waals surface area contributed by atoms with Crippen LogP contribution in [0.4, 0.5) is 4.39 Å². The molecule has 1 aliphatic rings. The van der Waals surface area contributed by atoms with Gasteiger partial charge in [-0.15, -0.1) is 0 Å². The Morgan fingerprint density at radius 2 is 1.86 bits per heavy atom. The van der Waals surface area contributed by atoms with Gasteiger partial charge < -0.3 is 9.88 Å². The second kappa shape index (κ2) is 8.15. The van der Waals surface area contributed by atoms with Gasteiger partial charge in [-0.3, -0.25) is 9.69 Å². The maximum Gasteiger partial charge on any atom is 0.236 e. The molecule has 1 N–H and O–H groups in total. The van der Waals surface area contributed by atoms with E-state index in [1.807, 2.05) is 0 Å². The molecule has 0 atom stereocenters. The van der Waals surface area contributed by atoms with Crippen molar-refractivity contribution in [3.63, 3.8) is 0 Å². The van der Waals surface area contributed by atoms with Crippen LogP contribution >= 0.6 is 0 Å². The number of likely N-dealkylation sites (tertiary alicyclic amines) is 1. The molecule has 0 radical (unpaired) electrons. The fraction of sp³-hybridized carbons (Fsp3) is 0.348. The molecule has 1 aromatic heterocycles. The Balaban J connectivity index is 1.30. The highest BCUT2D eigenvalue weighted by Crippen LogP contribution is 2.29. The standard InChI is InChI=1S/C23H26FN3O/c1-26(15-19-7-2-4-8-20(19)24)23(28)16-27-12-10-17(11-13-27)22-14-18-6-3-5-9-21(18)25-22/h2-9,14,17,25H,10-13,15-16H2,1H3. The normalized spacial score (nSPS) is 15.8.